The van der Waals surface area contributed by atoms with Gasteiger partial charge in [-0.3, -0.25) is 4.90 Å². The second kappa shape index (κ2) is 6.71. The number of aromatic nitrogens is 2. The minimum atomic E-state index is 0.621. The first kappa shape index (κ1) is 16.7. The Kier molecular flexibility index (Phi) is 3.74. The third-order valence-electron chi connectivity index (χ3n) is 5.27. The van der Waals surface area contributed by atoms with Crippen LogP contribution in [0.15, 0.2) is 103 Å². The van der Waals surface area contributed by atoms with E-state index in [1.54, 1.807) is 0 Å². The van der Waals surface area contributed by atoms with Crippen molar-refractivity contribution in [3.8, 4) is 22.8 Å². The van der Waals surface area contributed by atoms with Gasteiger partial charge in [-0.25, -0.2) is 9.97 Å². The molecule has 0 unspecified atom stereocenters. The van der Waals surface area contributed by atoms with Crippen LogP contribution < -0.4 is 9.64 Å². The quantitative estimate of drug-likeness (QED) is 0.325. The number of hydrogen-bond acceptors (Lipinski definition) is 4. The lowest BCUT2D eigenvalue weighted by Gasteiger charge is -2.31. The minimum Gasteiger partial charge on any atom is -0.453 e. The maximum atomic E-state index is 6.13. The molecule has 1 aliphatic heterocycles. The number of fused-ring (bicyclic) bond motifs is 3. The van der Waals surface area contributed by atoms with Crippen LogP contribution in [0.5, 0.6) is 11.5 Å². The molecule has 0 atom stereocenters. The van der Waals surface area contributed by atoms with Gasteiger partial charge in [0.25, 0.3) is 0 Å². The smallest absolute Gasteiger partial charge is 0.236 e. The molecule has 0 aliphatic carbocycles. The average molecular weight is 387 g/mol. The van der Waals surface area contributed by atoms with Crippen molar-refractivity contribution in [1.29, 1.82) is 0 Å². The van der Waals surface area contributed by atoms with Gasteiger partial charge in [-0.05, 0) is 30.3 Å². The molecule has 5 aromatic rings. The highest BCUT2D eigenvalue weighted by Gasteiger charge is 2.27. The topological polar surface area (TPSA) is 38.2 Å². The van der Waals surface area contributed by atoms with E-state index >= 15 is 0 Å². The summed E-state index contributed by atoms with van der Waals surface area (Å²) >= 11 is 0. The summed E-state index contributed by atoms with van der Waals surface area (Å²) in [5, 5.41) is 1.03. The van der Waals surface area contributed by atoms with Gasteiger partial charge in [-0.1, -0.05) is 72.8 Å². The standard InChI is InChI=1S/C26H17N3O/c1-2-10-18(11-3-1)25-19-12-4-5-13-20(19)27-26(28-25)29-21-14-6-8-16-23(21)30-24-17-9-7-15-22(24)29/h1-17H. The van der Waals surface area contributed by atoms with Gasteiger partial charge in [-0.15, -0.1) is 0 Å². The molecule has 1 aromatic heterocycles. The van der Waals surface area contributed by atoms with Crippen LogP contribution in [0.3, 0.4) is 0 Å². The fourth-order valence-corrected chi connectivity index (χ4v) is 3.90. The number of anilines is 3. The zero-order chi connectivity index (χ0) is 19.9. The zero-order valence-electron chi connectivity index (χ0n) is 16.1. The van der Waals surface area contributed by atoms with E-state index in [0.717, 1.165) is 45.0 Å². The Morgan fingerprint density at radius 1 is 0.567 bits per heavy atom. The molecule has 0 bridgehead atoms. The number of nitrogens with zero attached hydrogens (tertiary/aromatic N) is 3. The molecule has 0 spiro atoms. The van der Waals surface area contributed by atoms with Gasteiger partial charge in [0.05, 0.1) is 22.6 Å². The van der Waals surface area contributed by atoms with Gasteiger partial charge in [0.15, 0.2) is 11.5 Å². The van der Waals surface area contributed by atoms with Gasteiger partial charge in [-0.2, -0.15) is 0 Å². The maximum absolute atomic E-state index is 6.13. The SMILES string of the molecule is c1ccc(-c2nc(N3c4ccccc4Oc4ccccc43)nc3ccccc23)cc1. The van der Waals surface area contributed by atoms with Gasteiger partial charge in [0.1, 0.15) is 0 Å². The van der Waals surface area contributed by atoms with Crippen molar-refractivity contribution in [1.82, 2.24) is 9.97 Å². The molecule has 0 amide bonds. The largest absolute Gasteiger partial charge is 0.453 e. The van der Waals surface area contributed by atoms with Crippen LogP contribution in [0.4, 0.5) is 17.3 Å². The lowest BCUT2D eigenvalue weighted by atomic mass is 10.1. The second-order valence-corrected chi connectivity index (χ2v) is 7.13. The van der Waals surface area contributed by atoms with Crippen LogP contribution in [-0.4, -0.2) is 9.97 Å². The van der Waals surface area contributed by atoms with Gasteiger partial charge < -0.3 is 4.74 Å². The summed E-state index contributed by atoms with van der Waals surface area (Å²) in [7, 11) is 0. The predicted octanol–water partition coefficient (Wildman–Crippen LogP) is 6.87. The number of benzene rings is 4. The molecular formula is C26H17N3O. The molecule has 6 rings (SSSR count). The number of para-hydroxylation sites is 5. The summed E-state index contributed by atoms with van der Waals surface area (Å²) in [4.78, 5) is 12.1. The molecule has 30 heavy (non-hydrogen) atoms. The second-order valence-electron chi connectivity index (χ2n) is 7.13. The summed E-state index contributed by atoms with van der Waals surface area (Å²) in [6.07, 6.45) is 0. The molecule has 4 aromatic carbocycles. The summed E-state index contributed by atoms with van der Waals surface area (Å²) in [5.41, 5.74) is 4.73. The van der Waals surface area contributed by atoms with Crippen LogP contribution in [0.25, 0.3) is 22.2 Å². The first-order valence-electron chi connectivity index (χ1n) is 9.87. The Morgan fingerprint density at radius 2 is 1.17 bits per heavy atom. The Balaban J connectivity index is 1.65. The Bertz CT molecular complexity index is 1340. The van der Waals surface area contributed by atoms with Crippen molar-refractivity contribution < 1.29 is 4.74 Å². The molecule has 2 heterocycles. The molecule has 0 saturated carbocycles. The van der Waals surface area contributed by atoms with E-state index in [0.29, 0.717) is 5.95 Å². The van der Waals surface area contributed by atoms with Gasteiger partial charge in [0, 0.05) is 10.9 Å². The number of hydrogen-bond donors (Lipinski definition) is 0. The third kappa shape index (κ3) is 2.62. The molecule has 0 fully saturated rings. The van der Waals surface area contributed by atoms with Crippen molar-refractivity contribution in [2.75, 3.05) is 4.90 Å². The van der Waals surface area contributed by atoms with Crippen LogP contribution in [0.2, 0.25) is 0 Å². The van der Waals surface area contributed by atoms with Crippen LogP contribution >= 0.6 is 0 Å². The van der Waals surface area contributed by atoms with E-state index in [-0.39, 0.29) is 0 Å². The Labute approximate surface area is 174 Å². The van der Waals surface area contributed by atoms with E-state index in [1.807, 2.05) is 84.9 Å². The molecule has 142 valence electrons. The zero-order valence-corrected chi connectivity index (χ0v) is 16.1. The Hall–Kier alpha value is -4.18. The number of ether oxygens (including phenoxy) is 1. The third-order valence-corrected chi connectivity index (χ3v) is 5.27. The molecular weight excluding hydrogens is 370 g/mol. The summed E-state index contributed by atoms with van der Waals surface area (Å²) in [6, 6.07) is 34.3. The molecule has 4 heteroatoms. The van der Waals surface area contributed by atoms with E-state index < -0.39 is 0 Å². The summed E-state index contributed by atoms with van der Waals surface area (Å²) in [6.45, 7) is 0. The van der Waals surface area contributed by atoms with Crippen LogP contribution in [0.1, 0.15) is 0 Å². The van der Waals surface area contributed by atoms with Crippen LogP contribution in [-0.2, 0) is 0 Å². The number of rotatable bonds is 2. The lowest BCUT2D eigenvalue weighted by Crippen LogP contribution is -2.18. The van der Waals surface area contributed by atoms with Crippen LogP contribution in [0, 0.1) is 0 Å². The van der Waals surface area contributed by atoms with Crippen molar-refractivity contribution in [3.05, 3.63) is 103 Å². The highest BCUT2D eigenvalue weighted by Crippen LogP contribution is 2.49. The molecule has 0 saturated heterocycles. The first-order chi connectivity index (χ1) is 14.9. The fraction of sp³-hybridized carbons (Fsp3) is 0. The van der Waals surface area contributed by atoms with Crippen molar-refractivity contribution >= 4 is 28.2 Å². The normalized spacial score (nSPS) is 12.2. The predicted molar refractivity (Wildman–Crippen MR) is 120 cm³/mol. The lowest BCUT2D eigenvalue weighted by molar-refractivity contribution is 0.476. The van der Waals surface area contributed by atoms with Crippen molar-refractivity contribution in [2.24, 2.45) is 0 Å². The highest BCUT2D eigenvalue weighted by molar-refractivity contribution is 5.94. The average Bonchev–Trinajstić information content (AvgIpc) is 2.82. The monoisotopic (exact) mass is 387 g/mol. The summed E-state index contributed by atoms with van der Waals surface area (Å²) in [5.74, 6) is 2.19. The molecule has 4 nitrogen and oxygen atoms in total. The molecule has 1 aliphatic rings. The fourth-order valence-electron chi connectivity index (χ4n) is 3.90. The Morgan fingerprint density at radius 3 is 1.90 bits per heavy atom. The van der Waals surface area contributed by atoms with E-state index in [1.165, 1.54) is 0 Å². The molecule has 0 radical (unpaired) electrons. The van der Waals surface area contributed by atoms with E-state index in [2.05, 4.69) is 23.1 Å². The highest BCUT2D eigenvalue weighted by atomic mass is 16.5. The molecule has 0 N–H and O–H groups in total. The van der Waals surface area contributed by atoms with Gasteiger partial charge >= 0.3 is 0 Å². The van der Waals surface area contributed by atoms with Gasteiger partial charge in [0.2, 0.25) is 5.95 Å². The van der Waals surface area contributed by atoms with Crippen molar-refractivity contribution in [3.63, 3.8) is 0 Å². The minimum absolute atomic E-state index is 0.621. The first-order valence-corrected chi connectivity index (χ1v) is 9.87. The summed E-state index contributed by atoms with van der Waals surface area (Å²) < 4.78 is 6.13. The van der Waals surface area contributed by atoms with E-state index in [9.17, 15) is 0 Å². The van der Waals surface area contributed by atoms with E-state index in [4.69, 9.17) is 14.7 Å². The maximum Gasteiger partial charge on any atom is 0.236 e. The van der Waals surface area contributed by atoms with Crippen molar-refractivity contribution in [2.45, 2.75) is 0 Å².